The summed E-state index contributed by atoms with van der Waals surface area (Å²) in [6.45, 7) is 0. The quantitative estimate of drug-likeness (QED) is 0.408. The highest BCUT2D eigenvalue weighted by Crippen LogP contribution is 2.30. The number of carboxylic acid groups (broad SMARTS) is 4. The van der Waals surface area contributed by atoms with Gasteiger partial charge >= 0.3 is 30.1 Å². The Hall–Kier alpha value is -4.67. The maximum Gasteiger partial charge on any atom is 0.416 e. The number of carboxylic acids is 4. The first kappa shape index (κ1) is 25.6. The normalized spacial score (nSPS) is 10.6. The summed E-state index contributed by atoms with van der Waals surface area (Å²) >= 11 is 0. The second-order valence-electron chi connectivity index (χ2n) is 6.63. The van der Waals surface area contributed by atoms with E-state index in [1.54, 1.807) is 24.3 Å². The molecule has 0 heterocycles. The van der Waals surface area contributed by atoms with Crippen LogP contribution in [-0.4, -0.2) is 44.3 Å². The van der Waals surface area contributed by atoms with E-state index in [9.17, 15) is 32.3 Å². The van der Waals surface area contributed by atoms with Gasteiger partial charge in [0, 0.05) is 0 Å². The van der Waals surface area contributed by atoms with Crippen LogP contribution < -0.4 is 0 Å². The van der Waals surface area contributed by atoms with Crippen molar-refractivity contribution >= 4 is 23.9 Å². The third kappa shape index (κ3) is 6.42. The van der Waals surface area contributed by atoms with Crippen LogP contribution in [0.25, 0.3) is 11.1 Å². The summed E-state index contributed by atoms with van der Waals surface area (Å²) in [5.74, 6) is -5.25. The number of halogens is 3. The van der Waals surface area contributed by atoms with Crippen molar-refractivity contribution in [3.8, 4) is 11.1 Å². The van der Waals surface area contributed by atoms with Crippen molar-refractivity contribution in [2.45, 2.75) is 6.18 Å². The SMILES string of the molecule is O=C(O)c1ccc(-c2ccc(C(=O)O)cc2)cc1.O=C(O)c1ccc(C(F)(F)F)cc1C(=O)O. The van der Waals surface area contributed by atoms with Crippen LogP contribution in [0.5, 0.6) is 0 Å². The van der Waals surface area contributed by atoms with Crippen molar-refractivity contribution in [2.75, 3.05) is 0 Å². The standard InChI is InChI=1S/C14H10O4.C9H5F3O4/c15-13(16)11-5-1-9(2-6-11)10-3-7-12(8-4-10)14(17)18;10-9(11,12)4-1-2-5(7(13)14)6(3-4)8(15)16/h1-8H,(H,15,16)(H,17,18);1-3H,(H,13,14)(H,15,16). The average Bonchev–Trinajstić information content (AvgIpc) is 2.78. The molecule has 3 aromatic rings. The van der Waals surface area contributed by atoms with Gasteiger partial charge in [-0.3, -0.25) is 0 Å². The van der Waals surface area contributed by atoms with Crippen molar-refractivity contribution in [3.05, 3.63) is 94.5 Å². The molecule has 0 bridgehead atoms. The minimum atomic E-state index is -4.71. The lowest BCUT2D eigenvalue weighted by molar-refractivity contribution is -0.137. The fourth-order valence-corrected chi connectivity index (χ4v) is 2.69. The number of benzene rings is 3. The topological polar surface area (TPSA) is 149 Å². The van der Waals surface area contributed by atoms with Gasteiger partial charge in [-0.25, -0.2) is 19.2 Å². The van der Waals surface area contributed by atoms with Gasteiger partial charge in [-0.1, -0.05) is 24.3 Å². The van der Waals surface area contributed by atoms with Crippen LogP contribution in [0.15, 0.2) is 66.7 Å². The molecule has 0 amide bonds. The van der Waals surface area contributed by atoms with E-state index in [1.807, 2.05) is 0 Å². The van der Waals surface area contributed by atoms with Crippen molar-refractivity contribution < 1.29 is 52.8 Å². The lowest BCUT2D eigenvalue weighted by Crippen LogP contribution is -2.12. The smallest absolute Gasteiger partial charge is 0.416 e. The molecule has 0 fully saturated rings. The summed E-state index contributed by atoms with van der Waals surface area (Å²) in [6, 6.07) is 14.3. The highest BCUT2D eigenvalue weighted by molar-refractivity contribution is 6.01. The fourth-order valence-electron chi connectivity index (χ4n) is 2.69. The first-order valence-corrected chi connectivity index (χ1v) is 9.16. The number of alkyl halides is 3. The van der Waals surface area contributed by atoms with Gasteiger partial charge in [-0.15, -0.1) is 0 Å². The monoisotopic (exact) mass is 476 g/mol. The molecule has 4 N–H and O–H groups in total. The summed E-state index contributed by atoms with van der Waals surface area (Å²) in [7, 11) is 0. The van der Waals surface area contributed by atoms with E-state index in [4.69, 9.17) is 20.4 Å². The Morgan fingerprint density at radius 2 is 0.912 bits per heavy atom. The second kappa shape index (κ2) is 10.3. The van der Waals surface area contributed by atoms with Gasteiger partial charge in [0.25, 0.3) is 0 Å². The number of carbonyl (C=O) groups is 4. The second-order valence-corrected chi connectivity index (χ2v) is 6.63. The zero-order chi connectivity index (χ0) is 25.6. The molecule has 0 aromatic heterocycles. The highest BCUT2D eigenvalue weighted by Gasteiger charge is 2.32. The molecule has 0 spiro atoms. The van der Waals surface area contributed by atoms with Crippen LogP contribution in [0.2, 0.25) is 0 Å². The lowest BCUT2D eigenvalue weighted by atomic mass is 10.0. The van der Waals surface area contributed by atoms with E-state index >= 15 is 0 Å². The van der Waals surface area contributed by atoms with Crippen molar-refractivity contribution in [1.82, 2.24) is 0 Å². The maximum absolute atomic E-state index is 12.2. The average molecular weight is 476 g/mol. The van der Waals surface area contributed by atoms with E-state index in [0.29, 0.717) is 18.2 Å². The Bertz CT molecular complexity index is 1180. The molecule has 0 atom stereocenters. The van der Waals surface area contributed by atoms with Crippen LogP contribution >= 0.6 is 0 Å². The molecule has 34 heavy (non-hydrogen) atoms. The summed E-state index contributed by atoms with van der Waals surface area (Å²) in [5.41, 5.74) is -0.631. The molecule has 0 unspecified atom stereocenters. The first-order chi connectivity index (χ1) is 15.8. The Balaban J connectivity index is 0.000000242. The van der Waals surface area contributed by atoms with Crippen molar-refractivity contribution in [2.24, 2.45) is 0 Å². The molecule has 11 heteroatoms. The summed E-state index contributed by atoms with van der Waals surface area (Å²) in [4.78, 5) is 42.5. The predicted molar refractivity (Wildman–Crippen MR) is 111 cm³/mol. The zero-order valence-electron chi connectivity index (χ0n) is 16.9. The van der Waals surface area contributed by atoms with E-state index in [0.717, 1.165) is 11.1 Å². The van der Waals surface area contributed by atoms with Gasteiger partial charge in [0.05, 0.1) is 27.8 Å². The number of rotatable bonds is 5. The summed E-state index contributed by atoms with van der Waals surface area (Å²) in [5, 5.41) is 34.7. The van der Waals surface area contributed by atoms with E-state index in [-0.39, 0.29) is 11.1 Å². The number of aromatic carboxylic acids is 4. The van der Waals surface area contributed by atoms with E-state index < -0.39 is 46.7 Å². The third-order valence-electron chi connectivity index (χ3n) is 4.40. The van der Waals surface area contributed by atoms with Gasteiger partial charge in [0.1, 0.15) is 0 Å². The molecule has 0 radical (unpaired) electrons. The fraction of sp³-hybridized carbons (Fsp3) is 0.0435. The van der Waals surface area contributed by atoms with Gasteiger partial charge < -0.3 is 20.4 Å². The van der Waals surface area contributed by atoms with Crippen LogP contribution in [0, 0.1) is 0 Å². The number of hydrogen-bond donors (Lipinski definition) is 4. The third-order valence-corrected chi connectivity index (χ3v) is 4.40. The van der Waals surface area contributed by atoms with Crippen molar-refractivity contribution in [1.29, 1.82) is 0 Å². The van der Waals surface area contributed by atoms with Crippen LogP contribution in [0.3, 0.4) is 0 Å². The Kier molecular flexibility index (Phi) is 7.75. The molecule has 3 rings (SSSR count). The Labute approximate surface area is 189 Å². The number of hydrogen-bond acceptors (Lipinski definition) is 4. The lowest BCUT2D eigenvalue weighted by Gasteiger charge is -2.08. The van der Waals surface area contributed by atoms with Crippen molar-refractivity contribution in [3.63, 3.8) is 0 Å². The Morgan fingerprint density at radius 3 is 1.21 bits per heavy atom. The molecule has 0 saturated carbocycles. The van der Waals surface area contributed by atoms with Crippen LogP contribution in [-0.2, 0) is 6.18 Å². The molecular weight excluding hydrogens is 461 g/mol. The molecule has 0 saturated heterocycles. The first-order valence-electron chi connectivity index (χ1n) is 9.16. The molecule has 8 nitrogen and oxygen atoms in total. The van der Waals surface area contributed by atoms with Gasteiger partial charge in [-0.2, -0.15) is 13.2 Å². The van der Waals surface area contributed by atoms with E-state index in [1.165, 1.54) is 24.3 Å². The molecule has 0 aliphatic heterocycles. The minimum Gasteiger partial charge on any atom is -0.478 e. The van der Waals surface area contributed by atoms with Crippen LogP contribution in [0.4, 0.5) is 13.2 Å². The largest absolute Gasteiger partial charge is 0.478 e. The van der Waals surface area contributed by atoms with Gasteiger partial charge in [-0.05, 0) is 53.6 Å². The maximum atomic E-state index is 12.2. The molecule has 176 valence electrons. The summed E-state index contributed by atoms with van der Waals surface area (Å²) < 4.78 is 36.7. The van der Waals surface area contributed by atoms with Gasteiger partial charge in [0.15, 0.2) is 0 Å². The molecular formula is C23H15F3O8. The summed E-state index contributed by atoms with van der Waals surface area (Å²) in [6.07, 6.45) is -4.71. The predicted octanol–water partition coefficient (Wildman–Crippen LogP) is 4.85. The molecule has 0 aliphatic rings. The highest BCUT2D eigenvalue weighted by atomic mass is 19.4. The molecule has 3 aromatic carbocycles. The Morgan fingerprint density at radius 1 is 0.529 bits per heavy atom. The molecule has 0 aliphatic carbocycles. The van der Waals surface area contributed by atoms with Gasteiger partial charge in [0.2, 0.25) is 0 Å². The minimum absolute atomic E-state index is 0.223. The zero-order valence-corrected chi connectivity index (χ0v) is 16.9. The van der Waals surface area contributed by atoms with E-state index in [2.05, 4.69) is 0 Å². The van der Waals surface area contributed by atoms with Crippen LogP contribution in [0.1, 0.15) is 47.0 Å².